The molecule has 0 N–H and O–H groups in total. The van der Waals surface area contributed by atoms with Crippen LogP contribution in [0, 0.1) is 10.1 Å². The van der Waals surface area contributed by atoms with Crippen LogP contribution >= 0.6 is 0 Å². The fourth-order valence-electron chi connectivity index (χ4n) is 5.35. The molecule has 1 amide bonds. The number of hydrogen-bond donors (Lipinski definition) is 0. The van der Waals surface area contributed by atoms with Crippen LogP contribution in [0.4, 0.5) is 30.2 Å². The summed E-state index contributed by atoms with van der Waals surface area (Å²) >= 11 is 0. The molecule has 8 nitrogen and oxygen atoms in total. The third-order valence-corrected chi connectivity index (χ3v) is 7.81. The second-order valence-electron chi connectivity index (χ2n) is 11.6. The molecular formula is C30H42F3N5O3. The number of anilines is 2. The summed E-state index contributed by atoms with van der Waals surface area (Å²) in [5.74, 6) is 0.0433. The van der Waals surface area contributed by atoms with Gasteiger partial charge in [-0.15, -0.1) is 0 Å². The van der Waals surface area contributed by atoms with Crippen molar-refractivity contribution in [1.29, 1.82) is 0 Å². The summed E-state index contributed by atoms with van der Waals surface area (Å²) in [6.07, 6.45) is -3.82. The molecule has 2 aromatic carbocycles. The average molecular weight is 578 g/mol. The minimum Gasteiger partial charge on any atom is -0.370 e. The van der Waals surface area contributed by atoms with Gasteiger partial charge in [-0.25, -0.2) is 0 Å². The minimum absolute atomic E-state index is 0. The molecule has 0 radical (unpaired) electrons. The highest BCUT2D eigenvalue weighted by atomic mass is 19.4. The van der Waals surface area contributed by atoms with Gasteiger partial charge < -0.3 is 14.7 Å². The third kappa shape index (κ3) is 8.12. The maximum absolute atomic E-state index is 13.4. The van der Waals surface area contributed by atoms with E-state index < -0.39 is 22.4 Å². The van der Waals surface area contributed by atoms with Crippen LogP contribution in [0.25, 0.3) is 0 Å². The van der Waals surface area contributed by atoms with Crippen molar-refractivity contribution in [3.63, 3.8) is 0 Å². The van der Waals surface area contributed by atoms with Gasteiger partial charge in [-0.05, 0) is 41.7 Å². The zero-order chi connectivity index (χ0) is 29.1. The molecule has 2 aliphatic heterocycles. The number of carbonyl (C=O) groups is 1. The van der Waals surface area contributed by atoms with Crippen molar-refractivity contribution < 1.29 is 22.9 Å². The number of piperazine rings is 1. The first-order valence-corrected chi connectivity index (χ1v) is 13.8. The van der Waals surface area contributed by atoms with Gasteiger partial charge in [0, 0.05) is 82.8 Å². The lowest BCUT2D eigenvalue weighted by atomic mass is 9.87. The second-order valence-corrected chi connectivity index (χ2v) is 11.6. The molecule has 0 bridgehead atoms. The van der Waals surface area contributed by atoms with Crippen molar-refractivity contribution in [3.8, 4) is 0 Å². The van der Waals surface area contributed by atoms with E-state index in [0.717, 1.165) is 38.3 Å². The predicted octanol–water partition coefficient (Wildman–Crippen LogP) is 5.80. The minimum atomic E-state index is -4.82. The summed E-state index contributed by atoms with van der Waals surface area (Å²) in [6.45, 7) is 12.6. The molecule has 41 heavy (non-hydrogen) atoms. The Morgan fingerprint density at radius 1 is 0.854 bits per heavy atom. The van der Waals surface area contributed by atoms with Crippen molar-refractivity contribution in [3.05, 3.63) is 63.7 Å². The average Bonchev–Trinajstić information content (AvgIpc) is 3.17. The van der Waals surface area contributed by atoms with Crippen molar-refractivity contribution >= 4 is 23.0 Å². The van der Waals surface area contributed by atoms with Gasteiger partial charge in [0.2, 0.25) is 5.91 Å². The summed E-state index contributed by atoms with van der Waals surface area (Å²) < 4.78 is 40.3. The molecule has 0 aromatic heterocycles. The number of alkyl halides is 3. The van der Waals surface area contributed by atoms with Gasteiger partial charge in [0.05, 0.1) is 4.92 Å². The van der Waals surface area contributed by atoms with Gasteiger partial charge in [-0.1, -0.05) is 40.3 Å². The summed E-state index contributed by atoms with van der Waals surface area (Å²) in [5.41, 5.74) is 0.711. The molecule has 226 valence electrons. The Labute approximate surface area is 240 Å². The summed E-state index contributed by atoms with van der Waals surface area (Å²) in [7, 11) is 0. The molecular weight excluding hydrogens is 535 g/mol. The Morgan fingerprint density at radius 3 is 2.02 bits per heavy atom. The first-order valence-electron chi connectivity index (χ1n) is 13.8. The molecule has 2 aliphatic rings. The van der Waals surface area contributed by atoms with Gasteiger partial charge in [-0.3, -0.25) is 19.8 Å². The van der Waals surface area contributed by atoms with Crippen molar-refractivity contribution in [2.45, 2.75) is 52.6 Å². The number of carbonyl (C=O) groups excluding carboxylic acids is 1. The number of hydrogen-bond acceptors (Lipinski definition) is 6. The highest BCUT2D eigenvalue weighted by molar-refractivity contribution is 5.76. The van der Waals surface area contributed by atoms with Crippen molar-refractivity contribution in [2.75, 3.05) is 68.7 Å². The molecule has 4 rings (SSSR count). The molecule has 2 saturated heterocycles. The van der Waals surface area contributed by atoms with Crippen LogP contribution in [0.1, 0.15) is 52.2 Å². The van der Waals surface area contributed by atoms with E-state index >= 15 is 0 Å². The zero-order valence-electron chi connectivity index (χ0n) is 23.4. The smallest absolute Gasteiger partial charge is 0.370 e. The van der Waals surface area contributed by atoms with E-state index in [1.165, 1.54) is 17.3 Å². The van der Waals surface area contributed by atoms with E-state index in [9.17, 15) is 28.1 Å². The van der Waals surface area contributed by atoms with Crippen LogP contribution in [-0.2, 0) is 16.4 Å². The van der Waals surface area contributed by atoms with Crippen molar-refractivity contribution in [1.82, 2.24) is 9.80 Å². The van der Waals surface area contributed by atoms with Crippen LogP contribution in [-0.4, -0.2) is 79.5 Å². The Kier molecular flexibility index (Phi) is 10.3. The fourth-order valence-corrected chi connectivity index (χ4v) is 5.35. The quantitative estimate of drug-likeness (QED) is 0.319. The van der Waals surface area contributed by atoms with Gasteiger partial charge in [0.25, 0.3) is 5.69 Å². The number of nitro groups is 1. The van der Waals surface area contributed by atoms with Crippen LogP contribution < -0.4 is 9.80 Å². The molecule has 0 saturated carbocycles. The van der Waals surface area contributed by atoms with E-state index in [0.29, 0.717) is 45.6 Å². The normalized spacial score (nSPS) is 17.2. The fraction of sp³-hybridized carbons (Fsp3) is 0.567. The standard InChI is InChI=1S/C29H38F3N5O3.CH4/c1-28(2,3)22-5-7-23(8-6-22)35-17-15-33(16-18-35)14-11-27(38)36-13-4-12-34(19-20-36)24-9-10-26(37(39)40)25(21-24)29(30,31)32;/h5-10,21H,4,11-20H2,1-3H3;1H4. The first-order chi connectivity index (χ1) is 18.8. The summed E-state index contributed by atoms with van der Waals surface area (Å²) in [5, 5.41) is 11.1. The van der Waals surface area contributed by atoms with Crippen LogP contribution in [0.5, 0.6) is 0 Å². The number of nitro benzene ring substituents is 1. The maximum Gasteiger partial charge on any atom is 0.423 e. The summed E-state index contributed by atoms with van der Waals surface area (Å²) in [6, 6.07) is 11.9. The third-order valence-electron chi connectivity index (χ3n) is 7.81. The number of amides is 1. The zero-order valence-corrected chi connectivity index (χ0v) is 23.4. The Bertz CT molecular complexity index is 1190. The molecule has 11 heteroatoms. The molecule has 0 atom stereocenters. The van der Waals surface area contributed by atoms with E-state index in [1.807, 2.05) is 0 Å². The van der Waals surface area contributed by atoms with Crippen molar-refractivity contribution in [2.24, 2.45) is 0 Å². The van der Waals surface area contributed by atoms with Gasteiger partial charge in [0.15, 0.2) is 0 Å². The number of benzene rings is 2. The molecule has 0 aliphatic carbocycles. The first kappa shape index (κ1) is 32.2. The number of halogens is 3. The lowest BCUT2D eigenvalue weighted by Crippen LogP contribution is -2.47. The lowest BCUT2D eigenvalue weighted by molar-refractivity contribution is -0.388. The van der Waals surface area contributed by atoms with Crippen LogP contribution in [0.2, 0.25) is 0 Å². The summed E-state index contributed by atoms with van der Waals surface area (Å²) in [4.78, 5) is 31.3. The Hall–Kier alpha value is -3.34. The Morgan fingerprint density at radius 2 is 1.44 bits per heavy atom. The molecule has 2 aromatic rings. The highest BCUT2D eigenvalue weighted by Gasteiger charge is 2.39. The van der Waals surface area contributed by atoms with E-state index in [4.69, 9.17) is 0 Å². The topological polar surface area (TPSA) is 73.2 Å². The van der Waals surface area contributed by atoms with Gasteiger partial charge in [-0.2, -0.15) is 13.2 Å². The van der Waals surface area contributed by atoms with Crippen LogP contribution in [0.15, 0.2) is 42.5 Å². The highest BCUT2D eigenvalue weighted by Crippen LogP contribution is 2.38. The van der Waals surface area contributed by atoms with E-state index in [2.05, 4.69) is 54.8 Å². The van der Waals surface area contributed by atoms with Gasteiger partial charge in [0.1, 0.15) is 5.56 Å². The number of rotatable bonds is 6. The maximum atomic E-state index is 13.4. The number of nitrogens with zero attached hydrogens (tertiary/aromatic N) is 5. The molecule has 2 fully saturated rings. The SMILES string of the molecule is C.CC(C)(C)c1ccc(N2CCN(CCC(=O)N3CCCN(c4ccc([N+](=O)[O-])c(C(F)(F)F)c4)CC3)CC2)cc1. The van der Waals surface area contributed by atoms with Crippen LogP contribution in [0.3, 0.4) is 0 Å². The van der Waals surface area contributed by atoms with E-state index in [-0.39, 0.29) is 24.4 Å². The predicted molar refractivity (Wildman–Crippen MR) is 157 cm³/mol. The van der Waals surface area contributed by atoms with E-state index in [1.54, 1.807) is 9.80 Å². The lowest BCUT2D eigenvalue weighted by Gasteiger charge is -2.36. The molecule has 2 heterocycles. The van der Waals surface area contributed by atoms with Gasteiger partial charge >= 0.3 is 6.18 Å². The molecule has 0 unspecified atom stereocenters. The Balaban J connectivity index is 0.00000462. The largest absolute Gasteiger partial charge is 0.423 e. The second kappa shape index (κ2) is 13.1. The monoisotopic (exact) mass is 577 g/mol. The molecule has 0 spiro atoms.